The van der Waals surface area contributed by atoms with Crippen molar-refractivity contribution in [2.75, 3.05) is 5.32 Å². The number of fused-ring (bicyclic) bond motifs is 2. The van der Waals surface area contributed by atoms with E-state index in [0.717, 1.165) is 6.07 Å². The van der Waals surface area contributed by atoms with Gasteiger partial charge in [0.05, 0.1) is 29.0 Å². The number of rotatable bonds is 5. The SMILES string of the molecule is CCC(Nc1ncnc2[nH]cnc12)c1nc2ccc(F)cc2c(=O)n1-c1cccc(F)c1. The molecule has 0 amide bonds. The van der Waals surface area contributed by atoms with Crippen LogP contribution in [0.15, 0.2) is 59.9 Å². The lowest BCUT2D eigenvalue weighted by atomic mass is 10.1. The van der Waals surface area contributed by atoms with Crippen LogP contribution in [0.5, 0.6) is 0 Å². The van der Waals surface area contributed by atoms with E-state index in [1.807, 2.05) is 6.92 Å². The molecule has 2 aromatic carbocycles. The van der Waals surface area contributed by atoms with Gasteiger partial charge in [-0.05, 0) is 42.8 Å². The Labute approximate surface area is 180 Å². The number of nitrogens with one attached hydrogen (secondary N) is 2. The first-order valence-electron chi connectivity index (χ1n) is 9.94. The van der Waals surface area contributed by atoms with E-state index in [9.17, 15) is 13.6 Å². The fourth-order valence-corrected chi connectivity index (χ4v) is 3.66. The summed E-state index contributed by atoms with van der Waals surface area (Å²) in [4.78, 5) is 33.7. The fraction of sp³-hybridized carbons (Fsp3) is 0.136. The lowest BCUT2D eigenvalue weighted by Gasteiger charge is -2.22. The van der Waals surface area contributed by atoms with Crippen molar-refractivity contribution in [3.63, 3.8) is 0 Å². The van der Waals surface area contributed by atoms with Crippen LogP contribution in [-0.2, 0) is 0 Å². The summed E-state index contributed by atoms with van der Waals surface area (Å²) in [6.07, 6.45) is 3.42. The molecule has 0 aliphatic carbocycles. The Hall–Kier alpha value is -4.21. The third kappa shape index (κ3) is 3.35. The third-order valence-electron chi connectivity index (χ3n) is 5.17. The molecule has 0 radical (unpaired) electrons. The Morgan fingerprint density at radius 2 is 1.94 bits per heavy atom. The minimum Gasteiger partial charge on any atom is -0.358 e. The van der Waals surface area contributed by atoms with Crippen LogP contribution in [0.4, 0.5) is 14.6 Å². The molecule has 5 rings (SSSR count). The van der Waals surface area contributed by atoms with Crippen molar-refractivity contribution in [3.8, 4) is 5.69 Å². The van der Waals surface area contributed by atoms with E-state index < -0.39 is 23.2 Å². The first-order valence-corrected chi connectivity index (χ1v) is 9.94. The molecular formula is C22H17F2N7O. The zero-order valence-corrected chi connectivity index (χ0v) is 16.9. The van der Waals surface area contributed by atoms with Crippen molar-refractivity contribution in [3.05, 3.63) is 82.9 Å². The van der Waals surface area contributed by atoms with E-state index in [2.05, 4.69) is 30.2 Å². The lowest BCUT2D eigenvalue weighted by Crippen LogP contribution is -2.28. The summed E-state index contributed by atoms with van der Waals surface area (Å²) in [5.41, 5.74) is 1.22. The van der Waals surface area contributed by atoms with Gasteiger partial charge in [0.2, 0.25) is 0 Å². The van der Waals surface area contributed by atoms with Crippen LogP contribution in [0.1, 0.15) is 25.2 Å². The van der Waals surface area contributed by atoms with Crippen molar-refractivity contribution in [1.29, 1.82) is 0 Å². The number of aromatic nitrogens is 6. The van der Waals surface area contributed by atoms with Crippen LogP contribution in [0, 0.1) is 11.6 Å². The molecule has 3 heterocycles. The van der Waals surface area contributed by atoms with Gasteiger partial charge in [-0.2, -0.15) is 0 Å². The number of aromatic amines is 1. The standard InChI is InChI=1S/C22H17F2N7O/c1-2-16(29-20-18-19(26-10-25-18)27-11-28-20)21-30-17-7-6-13(24)9-15(17)22(32)31(21)14-5-3-4-12(23)8-14/h3-11,16H,2H2,1H3,(H2,25,26,27,28,29). The van der Waals surface area contributed by atoms with E-state index in [4.69, 9.17) is 0 Å². The molecule has 5 aromatic rings. The molecule has 10 heteroatoms. The van der Waals surface area contributed by atoms with E-state index in [1.165, 1.54) is 47.6 Å². The Bertz CT molecular complexity index is 1510. The van der Waals surface area contributed by atoms with Crippen LogP contribution >= 0.6 is 0 Å². The molecular weight excluding hydrogens is 416 g/mol. The van der Waals surface area contributed by atoms with Gasteiger partial charge in [0.25, 0.3) is 5.56 Å². The molecule has 0 aliphatic heterocycles. The predicted octanol–water partition coefficient (Wildman–Crippen LogP) is 3.89. The van der Waals surface area contributed by atoms with Crippen molar-refractivity contribution < 1.29 is 8.78 Å². The summed E-state index contributed by atoms with van der Waals surface area (Å²) >= 11 is 0. The summed E-state index contributed by atoms with van der Waals surface area (Å²) in [5.74, 6) is -0.261. The highest BCUT2D eigenvalue weighted by Crippen LogP contribution is 2.26. The summed E-state index contributed by atoms with van der Waals surface area (Å²) in [6.45, 7) is 1.91. The first kappa shape index (κ1) is 19.7. The molecule has 0 saturated carbocycles. The van der Waals surface area contributed by atoms with Gasteiger partial charge < -0.3 is 10.3 Å². The molecule has 8 nitrogen and oxygen atoms in total. The highest BCUT2D eigenvalue weighted by Gasteiger charge is 2.22. The maximum absolute atomic E-state index is 14.0. The minimum absolute atomic E-state index is 0.101. The summed E-state index contributed by atoms with van der Waals surface area (Å²) in [6, 6.07) is 8.97. The number of benzene rings is 2. The van der Waals surface area contributed by atoms with Crippen LogP contribution < -0.4 is 10.9 Å². The van der Waals surface area contributed by atoms with Crippen LogP contribution in [0.2, 0.25) is 0 Å². The van der Waals surface area contributed by atoms with Crippen LogP contribution in [0.3, 0.4) is 0 Å². The number of hydrogen-bond acceptors (Lipinski definition) is 6. The number of nitrogens with zero attached hydrogens (tertiary/aromatic N) is 5. The molecule has 160 valence electrons. The summed E-state index contributed by atoms with van der Waals surface area (Å²) < 4.78 is 29.2. The topological polar surface area (TPSA) is 101 Å². The van der Waals surface area contributed by atoms with Gasteiger partial charge in [0.15, 0.2) is 11.5 Å². The minimum atomic E-state index is -0.554. The monoisotopic (exact) mass is 433 g/mol. The summed E-state index contributed by atoms with van der Waals surface area (Å²) in [5, 5.41) is 3.38. The van der Waals surface area contributed by atoms with Crippen molar-refractivity contribution in [1.82, 2.24) is 29.5 Å². The van der Waals surface area contributed by atoms with Gasteiger partial charge in [0, 0.05) is 0 Å². The van der Waals surface area contributed by atoms with Gasteiger partial charge >= 0.3 is 0 Å². The van der Waals surface area contributed by atoms with Gasteiger partial charge in [-0.15, -0.1) is 0 Å². The number of imidazole rings is 1. The highest BCUT2D eigenvalue weighted by atomic mass is 19.1. The van der Waals surface area contributed by atoms with E-state index in [-0.39, 0.29) is 11.1 Å². The van der Waals surface area contributed by atoms with Crippen LogP contribution in [-0.4, -0.2) is 29.5 Å². The average molecular weight is 433 g/mol. The Morgan fingerprint density at radius 3 is 2.75 bits per heavy atom. The smallest absolute Gasteiger partial charge is 0.266 e. The number of H-pyrrole nitrogens is 1. The van der Waals surface area contributed by atoms with Gasteiger partial charge in [0.1, 0.15) is 29.3 Å². The normalized spacial score (nSPS) is 12.3. The predicted molar refractivity (Wildman–Crippen MR) is 116 cm³/mol. The molecule has 0 spiro atoms. The van der Waals surface area contributed by atoms with E-state index in [0.29, 0.717) is 34.7 Å². The Morgan fingerprint density at radius 1 is 1.09 bits per heavy atom. The molecule has 1 unspecified atom stereocenters. The molecule has 0 fully saturated rings. The second-order valence-electron chi connectivity index (χ2n) is 7.18. The number of halogens is 2. The average Bonchev–Trinajstić information content (AvgIpc) is 3.27. The third-order valence-corrected chi connectivity index (χ3v) is 5.17. The number of anilines is 1. The van der Waals surface area contributed by atoms with Gasteiger partial charge in [-0.25, -0.2) is 28.7 Å². The molecule has 32 heavy (non-hydrogen) atoms. The molecule has 0 bridgehead atoms. The zero-order valence-electron chi connectivity index (χ0n) is 16.9. The molecule has 0 saturated heterocycles. The van der Waals surface area contributed by atoms with E-state index in [1.54, 1.807) is 6.07 Å². The molecule has 3 aromatic heterocycles. The van der Waals surface area contributed by atoms with Crippen LogP contribution in [0.25, 0.3) is 27.8 Å². The van der Waals surface area contributed by atoms with Crippen molar-refractivity contribution >= 4 is 27.9 Å². The van der Waals surface area contributed by atoms with Crippen molar-refractivity contribution in [2.24, 2.45) is 0 Å². The highest BCUT2D eigenvalue weighted by molar-refractivity contribution is 5.82. The summed E-state index contributed by atoms with van der Waals surface area (Å²) in [7, 11) is 0. The van der Waals surface area contributed by atoms with Gasteiger partial charge in [-0.1, -0.05) is 13.0 Å². The maximum Gasteiger partial charge on any atom is 0.266 e. The first-order chi connectivity index (χ1) is 15.5. The second-order valence-corrected chi connectivity index (χ2v) is 7.18. The maximum atomic E-state index is 14.0. The molecule has 0 aliphatic rings. The quantitative estimate of drug-likeness (QED) is 0.436. The molecule has 1 atom stereocenters. The zero-order chi connectivity index (χ0) is 22.2. The van der Waals surface area contributed by atoms with Gasteiger partial charge in [-0.3, -0.25) is 9.36 Å². The largest absolute Gasteiger partial charge is 0.358 e. The lowest BCUT2D eigenvalue weighted by molar-refractivity contribution is 0.620. The fourth-order valence-electron chi connectivity index (χ4n) is 3.66. The Kier molecular flexibility index (Phi) is 4.81. The second kappa shape index (κ2) is 7.80. The Balaban J connectivity index is 1.74. The number of hydrogen-bond donors (Lipinski definition) is 2. The molecule has 2 N–H and O–H groups in total. The van der Waals surface area contributed by atoms with Crippen molar-refractivity contribution in [2.45, 2.75) is 19.4 Å². The van der Waals surface area contributed by atoms with E-state index >= 15 is 0 Å².